The lowest BCUT2D eigenvalue weighted by Crippen LogP contribution is -2.01. The molecule has 2 N–H and O–H groups in total. The number of anilines is 1. The summed E-state index contributed by atoms with van der Waals surface area (Å²) in [4.78, 5) is 7.79. The Hall–Kier alpha value is -1.43. The number of nitrogens with zero attached hydrogens (tertiary/aromatic N) is 4. The van der Waals surface area contributed by atoms with Crippen LogP contribution in [0.2, 0.25) is 0 Å². The normalized spacial score (nSPS) is 10.2. The summed E-state index contributed by atoms with van der Waals surface area (Å²) in [5, 5.41) is 6.48. The smallest absolute Gasteiger partial charge is 0.225 e. The maximum absolute atomic E-state index is 5.49. The molecule has 0 aliphatic heterocycles. The number of hydrogen-bond acceptors (Lipinski definition) is 5. The van der Waals surface area contributed by atoms with Gasteiger partial charge in [0.2, 0.25) is 11.1 Å². The summed E-state index contributed by atoms with van der Waals surface area (Å²) in [6.45, 7) is 0. The van der Waals surface area contributed by atoms with E-state index in [0.717, 1.165) is 5.13 Å². The summed E-state index contributed by atoms with van der Waals surface area (Å²) >= 11 is 1.46. The first kappa shape index (κ1) is 6.29. The Morgan fingerprint density at radius 3 is 2.91 bits per heavy atom. The lowest BCUT2D eigenvalue weighted by molar-refractivity contribution is 0.879. The minimum Gasteiger partial charge on any atom is -0.368 e. The summed E-state index contributed by atoms with van der Waals surface area (Å²) in [6.07, 6.45) is 3.10. The van der Waals surface area contributed by atoms with Crippen molar-refractivity contribution in [3.8, 4) is 5.13 Å². The first-order valence-electron chi connectivity index (χ1n) is 2.93. The lowest BCUT2D eigenvalue weighted by Gasteiger charge is -1.93. The van der Waals surface area contributed by atoms with Crippen LogP contribution < -0.4 is 5.73 Å². The van der Waals surface area contributed by atoms with Crippen molar-refractivity contribution in [3.63, 3.8) is 0 Å². The van der Waals surface area contributed by atoms with Crippen LogP contribution >= 0.6 is 11.3 Å². The molecule has 0 aliphatic rings. The van der Waals surface area contributed by atoms with Gasteiger partial charge in [-0.25, -0.2) is 4.98 Å². The average Bonchev–Trinajstić information content (AvgIpc) is 2.55. The molecular formula is C5H5N5S. The summed E-state index contributed by atoms with van der Waals surface area (Å²) < 4.78 is 1.49. The van der Waals surface area contributed by atoms with Gasteiger partial charge in [-0.05, 0) is 0 Å². The second-order valence-electron chi connectivity index (χ2n) is 1.84. The van der Waals surface area contributed by atoms with Crippen LogP contribution in [-0.2, 0) is 0 Å². The Bertz CT molecular complexity index is 337. The van der Waals surface area contributed by atoms with Crippen LogP contribution in [0.5, 0.6) is 0 Å². The molecular weight excluding hydrogens is 162 g/mol. The van der Waals surface area contributed by atoms with Gasteiger partial charge in [-0.2, -0.15) is 14.8 Å². The van der Waals surface area contributed by atoms with E-state index in [4.69, 9.17) is 5.73 Å². The molecule has 0 bridgehead atoms. The van der Waals surface area contributed by atoms with E-state index in [-0.39, 0.29) is 0 Å². The van der Waals surface area contributed by atoms with Crippen molar-refractivity contribution in [1.29, 1.82) is 0 Å². The van der Waals surface area contributed by atoms with Gasteiger partial charge in [0.25, 0.3) is 0 Å². The van der Waals surface area contributed by atoms with Crippen molar-refractivity contribution >= 4 is 17.3 Å². The molecule has 0 saturated heterocycles. The van der Waals surface area contributed by atoms with E-state index in [1.807, 2.05) is 5.38 Å². The van der Waals surface area contributed by atoms with Gasteiger partial charge in [0.15, 0.2) is 0 Å². The molecule has 0 unspecified atom stereocenters. The molecule has 6 heteroatoms. The first-order chi connectivity index (χ1) is 5.38. The third-order valence-electron chi connectivity index (χ3n) is 1.17. The molecule has 11 heavy (non-hydrogen) atoms. The summed E-state index contributed by atoms with van der Waals surface area (Å²) in [7, 11) is 0. The maximum atomic E-state index is 5.49. The highest BCUT2D eigenvalue weighted by molar-refractivity contribution is 7.12. The van der Waals surface area contributed by atoms with E-state index in [0.29, 0.717) is 5.95 Å². The third kappa shape index (κ3) is 0.966. The van der Waals surface area contributed by atoms with Crippen LogP contribution in [0.25, 0.3) is 5.13 Å². The highest BCUT2D eigenvalue weighted by Gasteiger charge is 2.02. The fourth-order valence-electron chi connectivity index (χ4n) is 0.718. The largest absolute Gasteiger partial charge is 0.368 e. The van der Waals surface area contributed by atoms with Crippen LogP contribution in [0.1, 0.15) is 0 Å². The maximum Gasteiger partial charge on any atom is 0.225 e. The Morgan fingerprint density at radius 2 is 2.36 bits per heavy atom. The number of aromatic nitrogens is 4. The Balaban J connectivity index is 2.53. The number of nitrogen functional groups attached to an aromatic ring is 1. The molecule has 0 spiro atoms. The molecule has 0 atom stereocenters. The van der Waals surface area contributed by atoms with Crippen LogP contribution in [-0.4, -0.2) is 19.7 Å². The topological polar surface area (TPSA) is 69.6 Å². The molecule has 2 rings (SSSR count). The van der Waals surface area contributed by atoms with Gasteiger partial charge < -0.3 is 5.73 Å². The molecule has 0 aromatic carbocycles. The van der Waals surface area contributed by atoms with Crippen molar-refractivity contribution in [2.24, 2.45) is 0 Å². The van der Waals surface area contributed by atoms with Gasteiger partial charge in [-0.3, -0.25) is 0 Å². The number of rotatable bonds is 1. The number of hydrogen-bond donors (Lipinski definition) is 1. The molecule has 5 nitrogen and oxygen atoms in total. The van der Waals surface area contributed by atoms with Crippen molar-refractivity contribution < 1.29 is 0 Å². The van der Waals surface area contributed by atoms with Gasteiger partial charge in [-0.1, -0.05) is 0 Å². The number of nitrogens with two attached hydrogens (primary N) is 1. The van der Waals surface area contributed by atoms with Crippen LogP contribution in [0.3, 0.4) is 0 Å². The van der Waals surface area contributed by atoms with E-state index in [1.54, 1.807) is 6.20 Å². The van der Waals surface area contributed by atoms with Crippen molar-refractivity contribution in [3.05, 3.63) is 17.9 Å². The minimum absolute atomic E-state index is 0.361. The van der Waals surface area contributed by atoms with E-state index >= 15 is 0 Å². The Labute approximate surface area is 66.5 Å². The highest BCUT2D eigenvalue weighted by Crippen LogP contribution is 2.11. The van der Waals surface area contributed by atoms with Gasteiger partial charge in [0.1, 0.15) is 6.33 Å². The standard InChI is InChI=1S/C5H5N5S/c6-4-8-3-9-10(4)5-7-1-2-11-5/h1-3H,(H2,6,8,9). The van der Waals surface area contributed by atoms with E-state index in [1.165, 1.54) is 22.3 Å². The quantitative estimate of drug-likeness (QED) is 0.663. The SMILES string of the molecule is Nc1ncnn1-c1nccs1. The summed E-state index contributed by atoms with van der Waals surface area (Å²) in [6, 6.07) is 0. The van der Waals surface area contributed by atoms with Gasteiger partial charge in [0.05, 0.1) is 0 Å². The average molecular weight is 167 g/mol. The number of thiazole rings is 1. The second kappa shape index (κ2) is 2.31. The lowest BCUT2D eigenvalue weighted by atomic mass is 10.9. The molecule has 0 saturated carbocycles. The van der Waals surface area contributed by atoms with Crippen molar-refractivity contribution in [1.82, 2.24) is 19.7 Å². The Kier molecular flexibility index (Phi) is 1.32. The zero-order valence-electron chi connectivity index (χ0n) is 5.51. The highest BCUT2D eigenvalue weighted by atomic mass is 32.1. The van der Waals surface area contributed by atoms with Gasteiger partial charge in [-0.15, -0.1) is 11.3 Å². The van der Waals surface area contributed by atoms with E-state index in [9.17, 15) is 0 Å². The zero-order valence-corrected chi connectivity index (χ0v) is 6.32. The molecule has 0 fully saturated rings. The third-order valence-corrected chi connectivity index (χ3v) is 1.92. The summed E-state index contributed by atoms with van der Waals surface area (Å²) in [5.41, 5.74) is 5.49. The monoisotopic (exact) mass is 167 g/mol. The van der Waals surface area contributed by atoms with Crippen LogP contribution in [0.15, 0.2) is 17.9 Å². The molecule has 56 valence electrons. The predicted molar refractivity (Wildman–Crippen MR) is 41.4 cm³/mol. The van der Waals surface area contributed by atoms with E-state index < -0.39 is 0 Å². The fourth-order valence-corrected chi connectivity index (χ4v) is 1.32. The first-order valence-corrected chi connectivity index (χ1v) is 3.81. The molecule has 0 aliphatic carbocycles. The molecule has 0 radical (unpaired) electrons. The van der Waals surface area contributed by atoms with Crippen molar-refractivity contribution in [2.75, 3.05) is 5.73 Å². The van der Waals surface area contributed by atoms with Crippen molar-refractivity contribution in [2.45, 2.75) is 0 Å². The minimum atomic E-state index is 0.361. The van der Waals surface area contributed by atoms with Crippen LogP contribution in [0, 0.1) is 0 Å². The summed E-state index contributed by atoms with van der Waals surface area (Å²) in [5.74, 6) is 0.361. The molecule has 2 aromatic heterocycles. The predicted octanol–water partition coefficient (Wildman–Crippen LogP) is 0.306. The molecule has 2 aromatic rings. The molecule has 2 heterocycles. The molecule has 0 amide bonds. The van der Waals surface area contributed by atoms with Gasteiger partial charge in [0, 0.05) is 11.6 Å². The zero-order chi connectivity index (χ0) is 7.68. The van der Waals surface area contributed by atoms with Crippen LogP contribution in [0.4, 0.5) is 5.95 Å². The van der Waals surface area contributed by atoms with E-state index in [2.05, 4.69) is 15.1 Å². The Morgan fingerprint density at radius 1 is 1.45 bits per heavy atom. The second-order valence-corrected chi connectivity index (χ2v) is 2.72. The fraction of sp³-hybridized carbons (Fsp3) is 0. The van der Waals surface area contributed by atoms with Gasteiger partial charge >= 0.3 is 0 Å².